The van der Waals surface area contributed by atoms with Gasteiger partial charge in [-0.05, 0) is 35.2 Å². The molecule has 5 nitrogen and oxygen atoms in total. The van der Waals surface area contributed by atoms with Gasteiger partial charge in [0, 0.05) is 19.0 Å². The largest absolute Gasteiger partial charge is 0.484 e. The number of benzene rings is 2. The summed E-state index contributed by atoms with van der Waals surface area (Å²) in [5, 5.41) is 2.70. The van der Waals surface area contributed by atoms with Crippen LogP contribution in [0.25, 0.3) is 0 Å². The molecule has 0 aliphatic carbocycles. The summed E-state index contributed by atoms with van der Waals surface area (Å²) in [5.74, 6) is 0.492. The number of carbonyl (C=O) groups excluding carboxylic acids is 2. The van der Waals surface area contributed by atoms with E-state index in [1.54, 1.807) is 6.08 Å². The highest BCUT2D eigenvalue weighted by Gasteiger charge is 2.33. The molecule has 1 heterocycles. The standard InChI is InChI=1S/C24H28N2O3/c1-4-13-25-22(27)16-29-20-11-10-18-12-14-26(24(28)17(2)3)23(21(18)15-20)19-8-6-5-7-9-19/h4-11,15,17,23H,1,12-14,16H2,2-3H3,(H,25,27). The number of ether oxygens (including phenoxy) is 1. The Morgan fingerprint density at radius 2 is 2.00 bits per heavy atom. The lowest BCUT2D eigenvalue weighted by Gasteiger charge is -2.39. The Morgan fingerprint density at radius 3 is 2.69 bits per heavy atom. The van der Waals surface area contributed by atoms with E-state index in [0.717, 1.165) is 17.5 Å². The third-order valence-electron chi connectivity index (χ3n) is 5.05. The summed E-state index contributed by atoms with van der Waals surface area (Å²) >= 11 is 0. The molecule has 1 atom stereocenters. The summed E-state index contributed by atoms with van der Waals surface area (Å²) in [6.45, 7) is 8.49. The smallest absolute Gasteiger partial charge is 0.258 e. The van der Waals surface area contributed by atoms with E-state index in [0.29, 0.717) is 18.8 Å². The zero-order valence-corrected chi connectivity index (χ0v) is 17.1. The van der Waals surface area contributed by atoms with Crippen LogP contribution in [0.2, 0.25) is 0 Å². The molecule has 0 saturated carbocycles. The SMILES string of the molecule is C=CCNC(=O)COc1ccc2c(c1)C(c1ccccc1)N(C(=O)C(C)C)CC2. The molecular formula is C24H28N2O3. The van der Waals surface area contributed by atoms with Gasteiger partial charge in [0.2, 0.25) is 5.91 Å². The van der Waals surface area contributed by atoms with Gasteiger partial charge < -0.3 is 15.0 Å². The summed E-state index contributed by atoms with van der Waals surface area (Å²) in [5.41, 5.74) is 3.33. The second-order valence-electron chi connectivity index (χ2n) is 7.49. The Labute approximate surface area is 172 Å². The van der Waals surface area contributed by atoms with Gasteiger partial charge in [0.05, 0.1) is 6.04 Å². The Hall–Kier alpha value is -3.08. The fourth-order valence-electron chi connectivity index (χ4n) is 3.63. The second kappa shape index (κ2) is 9.41. The van der Waals surface area contributed by atoms with Crippen LogP contribution in [0.1, 0.15) is 36.6 Å². The molecule has 0 spiro atoms. The second-order valence-corrected chi connectivity index (χ2v) is 7.49. The number of rotatable bonds is 7. The maximum atomic E-state index is 12.9. The average molecular weight is 392 g/mol. The summed E-state index contributed by atoms with van der Waals surface area (Å²) < 4.78 is 5.71. The Balaban J connectivity index is 1.91. The van der Waals surface area contributed by atoms with Gasteiger partial charge in [-0.25, -0.2) is 0 Å². The molecule has 0 radical (unpaired) electrons. The van der Waals surface area contributed by atoms with Crippen molar-refractivity contribution in [2.75, 3.05) is 19.7 Å². The van der Waals surface area contributed by atoms with E-state index in [-0.39, 0.29) is 30.4 Å². The minimum absolute atomic E-state index is 0.0583. The molecule has 5 heteroatoms. The topological polar surface area (TPSA) is 58.6 Å². The third-order valence-corrected chi connectivity index (χ3v) is 5.05. The first kappa shape index (κ1) is 20.6. The number of hydrogen-bond donors (Lipinski definition) is 1. The molecule has 1 aliphatic heterocycles. The van der Waals surface area contributed by atoms with Gasteiger partial charge in [-0.2, -0.15) is 0 Å². The monoisotopic (exact) mass is 392 g/mol. The molecule has 0 saturated heterocycles. The van der Waals surface area contributed by atoms with Gasteiger partial charge in [-0.1, -0.05) is 56.3 Å². The van der Waals surface area contributed by atoms with Gasteiger partial charge in [-0.3, -0.25) is 9.59 Å². The van der Waals surface area contributed by atoms with Crippen molar-refractivity contribution >= 4 is 11.8 Å². The number of fused-ring (bicyclic) bond motifs is 1. The first-order valence-electron chi connectivity index (χ1n) is 10.00. The first-order valence-corrected chi connectivity index (χ1v) is 10.00. The number of nitrogens with one attached hydrogen (secondary N) is 1. The first-order chi connectivity index (χ1) is 14.0. The molecule has 29 heavy (non-hydrogen) atoms. The van der Waals surface area contributed by atoms with Crippen LogP contribution in [-0.2, 0) is 16.0 Å². The lowest BCUT2D eigenvalue weighted by Crippen LogP contribution is -2.42. The maximum absolute atomic E-state index is 12.9. The van der Waals surface area contributed by atoms with Crippen LogP contribution in [0.15, 0.2) is 61.2 Å². The van der Waals surface area contributed by atoms with Crippen molar-refractivity contribution in [3.63, 3.8) is 0 Å². The van der Waals surface area contributed by atoms with Crippen LogP contribution in [0.5, 0.6) is 5.75 Å². The molecule has 0 bridgehead atoms. The van der Waals surface area contributed by atoms with Crippen molar-refractivity contribution in [3.05, 3.63) is 77.9 Å². The number of carbonyl (C=O) groups is 2. The number of amides is 2. The van der Waals surface area contributed by atoms with E-state index < -0.39 is 0 Å². The lowest BCUT2D eigenvalue weighted by atomic mass is 9.87. The number of hydrogen-bond acceptors (Lipinski definition) is 3. The average Bonchev–Trinajstić information content (AvgIpc) is 2.75. The van der Waals surface area contributed by atoms with E-state index in [1.165, 1.54) is 5.56 Å². The highest BCUT2D eigenvalue weighted by molar-refractivity contribution is 5.80. The van der Waals surface area contributed by atoms with Gasteiger partial charge in [0.15, 0.2) is 6.61 Å². The lowest BCUT2D eigenvalue weighted by molar-refractivity contribution is -0.136. The van der Waals surface area contributed by atoms with E-state index in [9.17, 15) is 9.59 Å². The fraction of sp³-hybridized carbons (Fsp3) is 0.333. The summed E-state index contributed by atoms with van der Waals surface area (Å²) in [6.07, 6.45) is 2.43. The van der Waals surface area contributed by atoms with Crippen molar-refractivity contribution in [2.24, 2.45) is 5.92 Å². The molecule has 1 N–H and O–H groups in total. The van der Waals surface area contributed by atoms with Crippen molar-refractivity contribution in [1.82, 2.24) is 10.2 Å². The van der Waals surface area contributed by atoms with Gasteiger partial charge in [0.1, 0.15) is 5.75 Å². The predicted octanol–water partition coefficient (Wildman–Crippen LogP) is 3.50. The van der Waals surface area contributed by atoms with Gasteiger partial charge in [-0.15, -0.1) is 6.58 Å². The molecule has 152 valence electrons. The molecule has 2 amide bonds. The normalized spacial score (nSPS) is 15.6. The van der Waals surface area contributed by atoms with Crippen LogP contribution < -0.4 is 10.1 Å². The fourth-order valence-corrected chi connectivity index (χ4v) is 3.63. The van der Waals surface area contributed by atoms with Crippen LogP contribution in [-0.4, -0.2) is 36.4 Å². The molecule has 1 unspecified atom stereocenters. The van der Waals surface area contributed by atoms with Crippen molar-refractivity contribution < 1.29 is 14.3 Å². The maximum Gasteiger partial charge on any atom is 0.258 e. The predicted molar refractivity (Wildman–Crippen MR) is 114 cm³/mol. The Bertz CT molecular complexity index is 877. The minimum Gasteiger partial charge on any atom is -0.484 e. The Morgan fingerprint density at radius 1 is 1.24 bits per heavy atom. The van der Waals surface area contributed by atoms with Crippen molar-refractivity contribution in [2.45, 2.75) is 26.3 Å². The molecule has 2 aromatic carbocycles. The highest BCUT2D eigenvalue weighted by atomic mass is 16.5. The van der Waals surface area contributed by atoms with E-state index in [1.807, 2.05) is 55.1 Å². The summed E-state index contributed by atoms with van der Waals surface area (Å²) in [7, 11) is 0. The van der Waals surface area contributed by atoms with E-state index in [2.05, 4.69) is 24.0 Å². The Kier molecular flexibility index (Phi) is 6.70. The van der Waals surface area contributed by atoms with Crippen LogP contribution in [0.4, 0.5) is 0 Å². The van der Waals surface area contributed by atoms with Gasteiger partial charge >= 0.3 is 0 Å². The molecule has 2 aromatic rings. The van der Waals surface area contributed by atoms with Gasteiger partial charge in [0.25, 0.3) is 5.91 Å². The zero-order chi connectivity index (χ0) is 20.8. The zero-order valence-electron chi connectivity index (χ0n) is 17.1. The van der Waals surface area contributed by atoms with E-state index >= 15 is 0 Å². The quantitative estimate of drug-likeness (QED) is 0.734. The minimum atomic E-state index is -0.196. The molecule has 0 aromatic heterocycles. The molecule has 1 aliphatic rings. The van der Waals surface area contributed by atoms with Crippen LogP contribution >= 0.6 is 0 Å². The number of nitrogens with zero attached hydrogens (tertiary/aromatic N) is 1. The third kappa shape index (κ3) is 4.86. The highest BCUT2D eigenvalue weighted by Crippen LogP contribution is 2.37. The molecule has 0 fully saturated rings. The van der Waals surface area contributed by atoms with Crippen LogP contribution in [0.3, 0.4) is 0 Å². The van der Waals surface area contributed by atoms with Crippen molar-refractivity contribution in [1.29, 1.82) is 0 Å². The summed E-state index contributed by atoms with van der Waals surface area (Å²) in [6, 6.07) is 15.8. The molecular weight excluding hydrogens is 364 g/mol. The van der Waals surface area contributed by atoms with E-state index in [4.69, 9.17) is 4.74 Å². The molecule has 3 rings (SSSR count). The van der Waals surface area contributed by atoms with Crippen molar-refractivity contribution in [3.8, 4) is 5.75 Å². The van der Waals surface area contributed by atoms with Crippen LogP contribution in [0, 0.1) is 5.92 Å². The summed E-state index contributed by atoms with van der Waals surface area (Å²) in [4.78, 5) is 26.7.